The Hall–Kier alpha value is -0.280. The predicted molar refractivity (Wildman–Crippen MR) is 95.8 cm³/mol. The molecule has 0 amide bonds. The van der Waals surface area contributed by atoms with E-state index in [4.69, 9.17) is 18.0 Å². The lowest BCUT2D eigenvalue weighted by Gasteiger charge is -2.21. The molecule has 116 valence electrons. The zero-order valence-electron chi connectivity index (χ0n) is 11.7. The van der Waals surface area contributed by atoms with Gasteiger partial charge in [-0.25, -0.2) is 13.1 Å². The number of hydrogen-bond donors (Lipinski definition) is 2. The van der Waals surface area contributed by atoms with Gasteiger partial charge in [0, 0.05) is 34.6 Å². The summed E-state index contributed by atoms with van der Waals surface area (Å²) < 4.78 is 27.6. The number of rotatable bonds is 5. The first-order valence-electron chi connectivity index (χ1n) is 6.49. The minimum absolute atomic E-state index is 0.200. The Kier molecular flexibility index (Phi) is 5.96. The fourth-order valence-corrected chi connectivity index (χ4v) is 6.17. The van der Waals surface area contributed by atoms with Crippen molar-refractivity contribution in [3.05, 3.63) is 29.3 Å². The van der Waals surface area contributed by atoms with Crippen molar-refractivity contribution >= 4 is 50.8 Å². The standard InChI is InChI=1S/C13H18N2O2S4/c1-9-2-3-10(13(14)18)6-12(9)21(16,17)15-7-11-8-19-4-5-20-11/h2-3,6,11,15H,4-5,7-8H2,1H3,(H2,14,18). The van der Waals surface area contributed by atoms with Crippen LogP contribution in [0.25, 0.3) is 0 Å². The van der Waals surface area contributed by atoms with Gasteiger partial charge >= 0.3 is 0 Å². The second-order valence-corrected chi connectivity index (χ2v) is 9.50. The van der Waals surface area contributed by atoms with E-state index in [1.807, 2.05) is 23.5 Å². The molecule has 0 spiro atoms. The fourth-order valence-electron chi connectivity index (χ4n) is 1.98. The third-order valence-electron chi connectivity index (χ3n) is 3.15. The van der Waals surface area contributed by atoms with E-state index in [1.165, 1.54) is 0 Å². The molecule has 1 saturated heterocycles. The van der Waals surface area contributed by atoms with Gasteiger partial charge in [-0.05, 0) is 18.6 Å². The van der Waals surface area contributed by atoms with E-state index in [1.54, 1.807) is 25.1 Å². The molecule has 1 heterocycles. The van der Waals surface area contributed by atoms with Gasteiger partial charge in [0.25, 0.3) is 0 Å². The first-order chi connectivity index (χ1) is 9.90. The smallest absolute Gasteiger partial charge is 0.240 e. The average Bonchev–Trinajstić information content (AvgIpc) is 2.46. The molecule has 1 atom stereocenters. The van der Waals surface area contributed by atoms with Gasteiger partial charge in [-0.3, -0.25) is 0 Å². The summed E-state index contributed by atoms with van der Waals surface area (Å²) in [4.78, 5) is 0.451. The van der Waals surface area contributed by atoms with Crippen LogP contribution in [-0.2, 0) is 10.0 Å². The van der Waals surface area contributed by atoms with Crippen LogP contribution in [0.2, 0.25) is 0 Å². The number of hydrogen-bond acceptors (Lipinski definition) is 5. The molecule has 1 unspecified atom stereocenters. The summed E-state index contributed by atoms with van der Waals surface area (Å²) in [6, 6.07) is 5.02. The summed E-state index contributed by atoms with van der Waals surface area (Å²) in [6.07, 6.45) is 0. The van der Waals surface area contributed by atoms with Crippen molar-refractivity contribution in [3.63, 3.8) is 0 Å². The molecule has 3 N–H and O–H groups in total. The second kappa shape index (κ2) is 7.32. The molecular weight excluding hydrogens is 344 g/mol. The normalized spacial score (nSPS) is 19.4. The summed E-state index contributed by atoms with van der Waals surface area (Å²) in [7, 11) is -3.53. The third kappa shape index (κ3) is 4.59. The highest BCUT2D eigenvalue weighted by atomic mass is 32.2. The van der Waals surface area contributed by atoms with Gasteiger partial charge in [0.05, 0.1) is 4.90 Å². The van der Waals surface area contributed by atoms with Crippen LogP contribution in [0.4, 0.5) is 0 Å². The van der Waals surface area contributed by atoms with Crippen LogP contribution in [-0.4, -0.2) is 42.5 Å². The van der Waals surface area contributed by atoms with Gasteiger partial charge in [0.1, 0.15) is 4.99 Å². The van der Waals surface area contributed by atoms with Crippen LogP contribution in [0.1, 0.15) is 11.1 Å². The fraction of sp³-hybridized carbons (Fsp3) is 0.462. The van der Waals surface area contributed by atoms with Crippen molar-refractivity contribution in [2.45, 2.75) is 17.1 Å². The van der Waals surface area contributed by atoms with Gasteiger partial charge in [-0.1, -0.05) is 24.4 Å². The van der Waals surface area contributed by atoms with Crippen LogP contribution in [0.5, 0.6) is 0 Å². The number of nitrogens with one attached hydrogen (secondary N) is 1. The number of aryl methyl sites for hydroxylation is 1. The minimum atomic E-state index is -3.53. The lowest BCUT2D eigenvalue weighted by atomic mass is 10.1. The first kappa shape index (κ1) is 17.1. The summed E-state index contributed by atoms with van der Waals surface area (Å²) in [5.41, 5.74) is 6.83. The predicted octanol–water partition coefficient (Wildman–Crippen LogP) is 1.76. The summed E-state index contributed by atoms with van der Waals surface area (Å²) in [5, 5.41) is 0.331. The van der Waals surface area contributed by atoms with Crippen molar-refractivity contribution in [1.82, 2.24) is 4.72 Å². The monoisotopic (exact) mass is 362 g/mol. The van der Waals surface area contributed by atoms with E-state index >= 15 is 0 Å². The van der Waals surface area contributed by atoms with E-state index in [0.29, 0.717) is 22.9 Å². The van der Waals surface area contributed by atoms with Crippen molar-refractivity contribution in [3.8, 4) is 0 Å². The second-order valence-electron chi connectivity index (χ2n) is 4.76. The molecule has 1 aromatic carbocycles. The molecule has 8 heteroatoms. The molecule has 2 rings (SSSR count). The maximum absolute atomic E-state index is 12.5. The highest BCUT2D eigenvalue weighted by Gasteiger charge is 2.21. The van der Waals surface area contributed by atoms with E-state index in [-0.39, 0.29) is 9.88 Å². The van der Waals surface area contributed by atoms with Crippen molar-refractivity contribution < 1.29 is 8.42 Å². The Bertz CT molecular complexity index is 625. The van der Waals surface area contributed by atoms with E-state index < -0.39 is 10.0 Å². The number of benzene rings is 1. The molecule has 0 bridgehead atoms. The molecule has 21 heavy (non-hydrogen) atoms. The highest BCUT2D eigenvalue weighted by Crippen LogP contribution is 2.24. The zero-order chi connectivity index (χ0) is 15.5. The Morgan fingerprint density at radius 1 is 1.48 bits per heavy atom. The Balaban J connectivity index is 2.14. The average molecular weight is 363 g/mol. The van der Waals surface area contributed by atoms with Crippen molar-refractivity contribution in [2.75, 3.05) is 23.8 Å². The molecular formula is C13H18N2O2S4. The van der Waals surface area contributed by atoms with Crippen LogP contribution < -0.4 is 10.5 Å². The lowest BCUT2D eigenvalue weighted by molar-refractivity contribution is 0.581. The minimum Gasteiger partial charge on any atom is -0.389 e. The van der Waals surface area contributed by atoms with Crippen molar-refractivity contribution in [2.24, 2.45) is 5.73 Å². The Labute approximate surface area is 139 Å². The first-order valence-corrected chi connectivity index (χ1v) is 10.6. The maximum Gasteiger partial charge on any atom is 0.240 e. The number of thiocarbonyl (C=S) groups is 1. The molecule has 0 saturated carbocycles. The number of nitrogens with two attached hydrogens (primary N) is 1. The summed E-state index contributed by atoms with van der Waals surface area (Å²) in [6.45, 7) is 2.22. The number of sulfonamides is 1. The maximum atomic E-state index is 12.5. The molecule has 1 aromatic rings. The number of thioether (sulfide) groups is 2. The van der Waals surface area contributed by atoms with Gasteiger partial charge < -0.3 is 5.73 Å². The van der Waals surface area contributed by atoms with Gasteiger partial charge in [0.15, 0.2) is 0 Å². The molecule has 0 radical (unpaired) electrons. The van der Waals surface area contributed by atoms with E-state index in [2.05, 4.69) is 4.72 Å². The Morgan fingerprint density at radius 3 is 2.86 bits per heavy atom. The molecule has 1 fully saturated rings. The third-order valence-corrected chi connectivity index (χ3v) is 7.79. The molecule has 4 nitrogen and oxygen atoms in total. The van der Waals surface area contributed by atoms with E-state index in [0.717, 1.165) is 17.3 Å². The van der Waals surface area contributed by atoms with Crippen LogP contribution in [0.15, 0.2) is 23.1 Å². The highest BCUT2D eigenvalue weighted by molar-refractivity contribution is 8.06. The molecule has 1 aliphatic rings. The lowest BCUT2D eigenvalue weighted by Crippen LogP contribution is -2.33. The molecule has 1 aliphatic heterocycles. The van der Waals surface area contributed by atoms with E-state index in [9.17, 15) is 8.42 Å². The summed E-state index contributed by atoms with van der Waals surface area (Å²) >= 11 is 8.60. The van der Waals surface area contributed by atoms with Crippen LogP contribution >= 0.6 is 35.7 Å². The van der Waals surface area contributed by atoms with Crippen molar-refractivity contribution in [1.29, 1.82) is 0 Å². The van der Waals surface area contributed by atoms with Gasteiger partial charge in [0.2, 0.25) is 10.0 Å². The topological polar surface area (TPSA) is 72.2 Å². The quantitative estimate of drug-likeness (QED) is 0.778. The molecule has 0 aliphatic carbocycles. The van der Waals surface area contributed by atoms with Crippen LogP contribution in [0.3, 0.4) is 0 Å². The van der Waals surface area contributed by atoms with Crippen LogP contribution in [0, 0.1) is 6.92 Å². The van der Waals surface area contributed by atoms with Gasteiger partial charge in [-0.15, -0.1) is 0 Å². The molecule has 0 aromatic heterocycles. The Morgan fingerprint density at radius 2 is 2.24 bits per heavy atom. The largest absolute Gasteiger partial charge is 0.389 e. The van der Waals surface area contributed by atoms with Gasteiger partial charge in [-0.2, -0.15) is 23.5 Å². The summed E-state index contributed by atoms with van der Waals surface area (Å²) in [5.74, 6) is 3.20. The zero-order valence-corrected chi connectivity index (χ0v) is 14.9. The SMILES string of the molecule is Cc1ccc(C(N)=S)cc1S(=O)(=O)NCC1CSCCS1.